The van der Waals surface area contributed by atoms with Crippen molar-refractivity contribution >= 4 is 16.7 Å². The molecule has 1 aromatic carbocycles. The largest absolute Gasteiger partial charge is 0.337 e. The van der Waals surface area contributed by atoms with E-state index in [1.54, 1.807) is 12.1 Å². The van der Waals surface area contributed by atoms with Crippen molar-refractivity contribution in [1.29, 1.82) is 0 Å². The van der Waals surface area contributed by atoms with Crippen molar-refractivity contribution in [3.63, 3.8) is 0 Å². The van der Waals surface area contributed by atoms with Crippen molar-refractivity contribution in [1.82, 2.24) is 15.2 Å². The second-order valence-corrected chi connectivity index (χ2v) is 6.65. The predicted octanol–water partition coefficient (Wildman–Crippen LogP) is 1.60. The molecule has 0 bridgehead atoms. The quantitative estimate of drug-likeness (QED) is 0.841. The molecule has 120 valence electrons. The van der Waals surface area contributed by atoms with Crippen LogP contribution < -0.4 is 10.9 Å². The molecule has 5 nitrogen and oxygen atoms in total. The molecule has 0 aliphatic carbocycles. The van der Waals surface area contributed by atoms with Crippen LogP contribution in [0, 0.1) is 11.8 Å². The topological polar surface area (TPSA) is 65.2 Å². The third-order valence-electron chi connectivity index (χ3n) is 5.29. The molecule has 2 saturated heterocycles. The number of nitrogens with one attached hydrogen (secondary N) is 2. The molecule has 0 radical (unpaired) electrons. The number of fused-ring (bicyclic) bond motifs is 2. The third-order valence-corrected chi connectivity index (χ3v) is 5.29. The molecule has 2 aliphatic rings. The highest BCUT2D eigenvalue weighted by Gasteiger charge is 2.31. The summed E-state index contributed by atoms with van der Waals surface area (Å²) in [5.74, 6) is 1.31. The molecule has 2 aromatic rings. The number of nitrogens with zero attached hydrogens (tertiary/aromatic N) is 1. The Kier molecular flexibility index (Phi) is 3.65. The monoisotopic (exact) mass is 311 g/mol. The maximum Gasteiger partial charge on any atom is 0.270 e. The number of pyridine rings is 1. The molecule has 2 aliphatic heterocycles. The Bertz CT molecular complexity index is 784. The number of benzene rings is 1. The van der Waals surface area contributed by atoms with E-state index in [9.17, 15) is 9.59 Å². The molecule has 2 fully saturated rings. The molecular weight excluding hydrogens is 290 g/mol. The van der Waals surface area contributed by atoms with Gasteiger partial charge >= 0.3 is 0 Å². The number of aromatic amines is 1. The molecule has 1 amide bonds. The van der Waals surface area contributed by atoms with Crippen LogP contribution in [0.1, 0.15) is 23.3 Å². The average Bonchev–Trinajstić information content (AvgIpc) is 2.93. The van der Waals surface area contributed by atoms with Crippen LogP contribution in [-0.2, 0) is 0 Å². The van der Waals surface area contributed by atoms with E-state index in [0.29, 0.717) is 22.9 Å². The average molecular weight is 311 g/mol. The number of likely N-dealkylation sites (tertiary alicyclic amines) is 1. The Morgan fingerprint density at radius 2 is 1.78 bits per heavy atom. The Morgan fingerprint density at radius 3 is 2.52 bits per heavy atom. The van der Waals surface area contributed by atoms with Crippen LogP contribution >= 0.6 is 0 Å². The summed E-state index contributed by atoms with van der Waals surface area (Å²) >= 11 is 0. The van der Waals surface area contributed by atoms with E-state index in [1.807, 2.05) is 23.1 Å². The van der Waals surface area contributed by atoms with Crippen molar-refractivity contribution in [3.05, 3.63) is 46.4 Å². The van der Waals surface area contributed by atoms with Gasteiger partial charge in [-0.1, -0.05) is 18.2 Å². The smallest absolute Gasteiger partial charge is 0.270 e. The molecule has 0 spiro atoms. The Hall–Kier alpha value is -2.14. The van der Waals surface area contributed by atoms with Crippen LogP contribution in [0.3, 0.4) is 0 Å². The zero-order chi connectivity index (χ0) is 15.8. The van der Waals surface area contributed by atoms with E-state index in [4.69, 9.17) is 0 Å². The van der Waals surface area contributed by atoms with Crippen LogP contribution in [-0.4, -0.2) is 42.0 Å². The van der Waals surface area contributed by atoms with E-state index < -0.39 is 0 Å². The molecule has 0 unspecified atom stereocenters. The molecule has 1 aromatic heterocycles. The first kappa shape index (κ1) is 14.5. The van der Waals surface area contributed by atoms with Gasteiger partial charge in [-0.25, -0.2) is 0 Å². The maximum absolute atomic E-state index is 12.8. The van der Waals surface area contributed by atoms with E-state index in [2.05, 4.69) is 10.3 Å². The number of aromatic nitrogens is 1. The molecular formula is C18H21N3O2. The van der Waals surface area contributed by atoms with Gasteiger partial charge < -0.3 is 15.2 Å². The van der Waals surface area contributed by atoms with Crippen LogP contribution in [0.4, 0.5) is 0 Å². The number of H-pyrrole nitrogens is 1. The fourth-order valence-electron chi connectivity index (χ4n) is 3.92. The summed E-state index contributed by atoms with van der Waals surface area (Å²) < 4.78 is 0. The zero-order valence-corrected chi connectivity index (χ0v) is 13.0. The third kappa shape index (κ3) is 2.65. The lowest BCUT2D eigenvalue weighted by atomic mass is 9.92. The first-order valence-electron chi connectivity index (χ1n) is 8.34. The van der Waals surface area contributed by atoms with E-state index >= 15 is 0 Å². The lowest BCUT2D eigenvalue weighted by molar-refractivity contribution is 0.0752. The second kappa shape index (κ2) is 5.81. The molecule has 2 atom stereocenters. The maximum atomic E-state index is 12.8. The summed E-state index contributed by atoms with van der Waals surface area (Å²) in [6, 6.07) is 9.17. The van der Waals surface area contributed by atoms with Gasteiger partial charge in [-0.15, -0.1) is 0 Å². The fourth-order valence-corrected chi connectivity index (χ4v) is 3.92. The van der Waals surface area contributed by atoms with Crippen LogP contribution in [0.2, 0.25) is 0 Å². The summed E-state index contributed by atoms with van der Waals surface area (Å²) in [6.07, 6.45) is 2.09. The lowest BCUT2D eigenvalue weighted by Crippen LogP contribution is -2.34. The molecule has 23 heavy (non-hydrogen) atoms. The number of rotatable bonds is 1. The van der Waals surface area contributed by atoms with Gasteiger partial charge in [0, 0.05) is 18.5 Å². The number of carbonyl (C=O) groups excluding carboxylic acids is 1. The molecule has 0 saturated carbocycles. The predicted molar refractivity (Wildman–Crippen MR) is 89.6 cm³/mol. The first-order chi connectivity index (χ1) is 11.2. The minimum absolute atomic E-state index is 0.0548. The Morgan fingerprint density at radius 1 is 1.09 bits per heavy atom. The molecule has 5 heteroatoms. The summed E-state index contributed by atoms with van der Waals surface area (Å²) in [6.45, 7) is 3.69. The fraction of sp³-hybridized carbons (Fsp3) is 0.444. The molecule has 3 heterocycles. The van der Waals surface area contributed by atoms with Gasteiger partial charge in [-0.05, 0) is 55.3 Å². The number of hydrogen-bond donors (Lipinski definition) is 2. The van der Waals surface area contributed by atoms with Crippen LogP contribution in [0.25, 0.3) is 10.8 Å². The minimum atomic E-state index is -0.192. The summed E-state index contributed by atoms with van der Waals surface area (Å²) in [7, 11) is 0. The van der Waals surface area contributed by atoms with E-state index in [1.165, 1.54) is 0 Å². The normalized spacial score (nSPS) is 24.4. The van der Waals surface area contributed by atoms with Gasteiger partial charge in [0.15, 0.2) is 0 Å². The van der Waals surface area contributed by atoms with Crippen LogP contribution in [0.15, 0.2) is 35.1 Å². The Balaban J connectivity index is 1.60. The minimum Gasteiger partial charge on any atom is -0.337 e. The van der Waals surface area contributed by atoms with Crippen molar-refractivity contribution in [2.45, 2.75) is 12.8 Å². The molecule has 4 rings (SSSR count). The van der Waals surface area contributed by atoms with Gasteiger partial charge in [0.05, 0.1) is 0 Å². The van der Waals surface area contributed by atoms with E-state index in [-0.39, 0.29) is 11.5 Å². The van der Waals surface area contributed by atoms with Crippen molar-refractivity contribution in [3.8, 4) is 0 Å². The molecule has 2 N–H and O–H groups in total. The van der Waals surface area contributed by atoms with Crippen LogP contribution in [0.5, 0.6) is 0 Å². The highest BCUT2D eigenvalue weighted by atomic mass is 16.2. The van der Waals surface area contributed by atoms with Gasteiger partial charge in [0.2, 0.25) is 0 Å². The van der Waals surface area contributed by atoms with Gasteiger partial charge in [0.1, 0.15) is 5.69 Å². The highest BCUT2D eigenvalue weighted by Crippen LogP contribution is 2.27. The van der Waals surface area contributed by atoms with E-state index in [0.717, 1.165) is 44.4 Å². The number of hydrogen-bond acceptors (Lipinski definition) is 3. The van der Waals surface area contributed by atoms with Gasteiger partial charge in [-0.3, -0.25) is 9.59 Å². The summed E-state index contributed by atoms with van der Waals surface area (Å²) in [4.78, 5) is 29.6. The van der Waals surface area contributed by atoms with Crippen molar-refractivity contribution in [2.75, 3.05) is 26.2 Å². The highest BCUT2D eigenvalue weighted by molar-refractivity contribution is 5.96. The standard InChI is InChI=1S/C18H21N3O2/c22-17-15-4-2-1-3-12(15)9-16(20-17)18(23)21-7-5-13-10-19-11-14(13)6-8-21/h1-4,9,13-14,19H,5-8,10-11H2,(H,20,22)/t13-,14+. The number of carbonyl (C=O) groups is 1. The lowest BCUT2D eigenvalue weighted by Gasteiger charge is -2.21. The second-order valence-electron chi connectivity index (χ2n) is 6.65. The SMILES string of the molecule is O=C(c1cc2ccccc2c(=O)[nH]1)N1CC[C@@H]2CNC[C@@H]2CC1. The Labute approximate surface area is 134 Å². The van der Waals surface area contributed by atoms with Crippen molar-refractivity contribution in [2.24, 2.45) is 11.8 Å². The first-order valence-corrected chi connectivity index (χ1v) is 8.34. The summed E-state index contributed by atoms with van der Waals surface area (Å²) in [5.41, 5.74) is 0.209. The van der Waals surface area contributed by atoms with Crippen molar-refractivity contribution < 1.29 is 4.79 Å². The number of amides is 1. The van der Waals surface area contributed by atoms with Gasteiger partial charge in [-0.2, -0.15) is 0 Å². The zero-order valence-electron chi connectivity index (χ0n) is 13.0. The van der Waals surface area contributed by atoms with Gasteiger partial charge in [0.25, 0.3) is 11.5 Å². The summed E-state index contributed by atoms with van der Waals surface area (Å²) in [5, 5.41) is 4.89.